The molecule has 0 aliphatic heterocycles. The standard InChI is InChI=1S/C20H17N3O6S/c1-3-30(25,26)14-8-4-7-13(10-14)18(24)21-20-23-22-19(29-20)16-11-12-6-5-9-15(27-2)17(12)28-16/h4-11H,3H2,1-2H3,(H,21,23,24). The Morgan fingerprint density at radius 2 is 1.90 bits per heavy atom. The molecule has 0 fully saturated rings. The van der Waals surface area contributed by atoms with Crippen molar-refractivity contribution in [2.75, 3.05) is 18.2 Å². The lowest BCUT2D eigenvalue weighted by atomic mass is 10.2. The molecule has 4 aromatic rings. The molecule has 0 unspecified atom stereocenters. The van der Waals surface area contributed by atoms with Crippen molar-refractivity contribution in [2.24, 2.45) is 0 Å². The number of rotatable bonds is 6. The number of para-hydroxylation sites is 1. The number of nitrogens with one attached hydrogen (secondary N) is 1. The second-order valence-corrected chi connectivity index (χ2v) is 8.57. The molecular weight excluding hydrogens is 410 g/mol. The van der Waals surface area contributed by atoms with Crippen LogP contribution in [0.1, 0.15) is 17.3 Å². The molecule has 0 bridgehead atoms. The van der Waals surface area contributed by atoms with Crippen LogP contribution in [0.15, 0.2) is 62.3 Å². The number of hydrogen-bond donors (Lipinski definition) is 1. The number of methoxy groups -OCH3 is 1. The van der Waals surface area contributed by atoms with E-state index in [9.17, 15) is 13.2 Å². The minimum absolute atomic E-state index is 0.0621. The zero-order chi connectivity index (χ0) is 21.3. The molecule has 0 spiro atoms. The SMILES string of the molecule is CCS(=O)(=O)c1cccc(C(=O)Nc2nnc(-c3cc4cccc(OC)c4o3)o2)c1. The summed E-state index contributed by atoms with van der Waals surface area (Å²) < 4.78 is 40.5. The molecule has 0 saturated carbocycles. The third-order valence-electron chi connectivity index (χ3n) is 4.42. The number of aromatic nitrogens is 2. The molecule has 0 atom stereocenters. The molecule has 1 N–H and O–H groups in total. The van der Waals surface area contributed by atoms with Crippen molar-refractivity contribution in [3.8, 4) is 17.4 Å². The van der Waals surface area contributed by atoms with E-state index >= 15 is 0 Å². The lowest BCUT2D eigenvalue weighted by Gasteiger charge is -2.04. The van der Waals surface area contributed by atoms with Gasteiger partial charge in [-0.2, -0.15) is 0 Å². The summed E-state index contributed by atoms with van der Waals surface area (Å²) in [5.74, 6) is 0.315. The molecule has 4 rings (SSSR count). The Morgan fingerprint density at radius 3 is 2.67 bits per heavy atom. The monoisotopic (exact) mass is 427 g/mol. The summed E-state index contributed by atoms with van der Waals surface area (Å²) in [4.78, 5) is 12.5. The van der Waals surface area contributed by atoms with Gasteiger partial charge >= 0.3 is 6.01 Å². The molecule has 10 heteroatoms. The van der Waals surface area contributed by atoms with Crippen molar-refractivity contribution in [3.63, 3.8) is 0 Å². The molecule has 2 heterocycles. The van der Waals surface area contributed by atoms with Gasteiger partial charge in [0.25, 0.3) is 11.8 Å². The van der Waals surface area contributed by atoms with Gasteiger partial charge in [-0.1, -0.05) is 30.2 Å². The fourth-order valence-electron chi connectivity index (χ4n) is 2.84. The summed E-state index contributed by atoms with van der Waals surface area (Å²) in [6.45, 7) is 1.54. The van der Waals surface area contributed by atoms with E-state index in [1.807, 2.05) is 12.1 Å². The van der Waals surface area contributed by atoms with Gasteiger partial charge in [-0.25, -0.2) is 8.42 Å². The maximum absolute atomic E-state index is 12.5. The lowest BCUT2D eigenvalue weighted by Crippen LogP contribution is -2.13. The predicted molar refractivity (Wildman–Crippen MR) is 108 cm³/mol. The zero-order valence-corrected chi connectivity index (χ0v) is 16.9. The van der Waals surface area contributed by atoms with Gasteiger partial charge < -0.3 is 13.6 Å². The number of hydrogen-bond acceptors (Lipinski definition) is 8. The van der Waals surface area contributed by atoms with Gasteiger partial charge in [0.1, 0.15) is 0 Å². The first-order chi connectivity index (χ1) is 14.4. The molecule has 1 amide bonds. The fraction of sp³-hybridized carbons (Fsp3) is 0.150. The molecule has 2 aromatic carbocycles. The third-order valence-corrected chi connectivity index (χ3v) is 6.15. The molecule has 0 aliphatic carbocycles. The van der Waals surface area contributed by atoms with Crippen LogP contribution in [0.25, 0.3) is 22.6 Å². The van der Waals surface area contributed by atoms with Crippen molar-refractivity contribution in [2.45, 2.75) is 11.8 Å². The summed E-state index contributed by atoms with van der Waals surface area (Å²) in [6.07, 6.45) is 0. The third kappa shape index (κ3) is 3.64. The molecule has 154 valence electrons. The van der Waals surface area contributed by atoms with E-state index < -0.39 is 15.7 Å². The predicted octanol–water partition coefficient (Wildman–Crippen LogP) is 3.54. The van der Waals surface area contributed by atoms with Crippen LogP contribution in [0.4, 0.5) is 6.01 Å². The van der Waals surface area contributed by atoms with Crippen LogP contribution in [0.2, 0.25) is 0 Å². The van der Waals surface area contributed by atoms with Crippen LogP contribution >= 0.6 is 0 Å². The summed E-state index contributed by atoms with van der Waals surface area (Å²) in [5.41, 5.74) is 0.686. The van der Waals surface area contributed by atoms with Gasteiger partial charge in [0.15, 0.2) is 26.9 Å². The number of fused-ring (bicyclic) bond motifs is 1. The van der Waals surface area contributed by atoms with Crippen molar-refractivity contribution in [1.29, 1.82) is 0 Å². The Kier molecular flexibility index (Phi) is 5.00. The Labute approximate surface area is 171 Å². The first-order valence-corrected chi connectivity index (χ1v) is 10.6. The number of furan rings is 1. The van der Waals surface area contributed by atoms with E-state index in [-0.39, 0.29) is 28.1 Å². The highest BCUT2D eigenvalue weighted by atomic mass is 32.2. The van der Waals surface area contributed by atoms with E-state index in [2.05, 4.69) is 15.5 Å². The molecule has 0 radical (unpaired) electrons. The summed E-state index contributed by atoms with van der Waals surface area (Å²) in [5, 5.41) is 10.9. The van der Waals surface area contributed by atoms with E-state index in [4.69, 9.17) is 13.6 Å². The van der Waals surface area contributed by atoms with Crippen molar-refractivity contribution in [3.05, 3.63) is 54.1 Å². The topological polar surface area (TPSA) is 125 Å². The molecular formula is C20H17N3O6S. The van der Waals surface area contributed by atoms with E-state index in [1.165, 1.54) is 38.3 Å². The van der Waals surface area contributed by atoms with Gasteiger partial charge in [0.2, 0.25) is 0 Å². The first kappa shape index (κ1) is 19.6. The van der Waals surface area contributed by atoms with Crippen LogP contribution in [0, 0.1) is 0 Å². The van der Waals surface area contributed by atoms with E-state index in [0.29, 0.717) is 17.1 Å². The number of carbonyl (C=O) groups is 1. The Bertz CT molecular complexity index is 1340. The minimum Gasteiger partial charge on any atom is -0.493 e. The van der Waals surface area contributed by atoms with Gasteiger partial charge in [-0.15, -0.1) is 5.10 Å². The summed E-state index contributed by atoms with van der Waals surface area (Å²) in [7, 11) is -1.89. The minimum atomic E-state index is -3.43. The number of benzene rings is 2. The summed E-state index contributed by atoms with van der Waals surface area (Å²) >= 11 is 0. The Hall–Kier alpha value is -3.66. The Morgan fingerprint density at radius 1 is 1.10 bits per heavy atom. The largest absolute Gasteiger partial charge is 0.493 e. The maximum Gasteiger partial charge on any atom is 0.322 e. The first-order valence-electron chi connectivity index (χ1n) is 8.96. The lowest BCUT2D eigenvalue weighted by molar-refractivity contribution is 0.102. The number of nitrogens with zero attached hydrogens (tertiary/aromatic N) is 2. The van der Waals surface area contributed by atoms with Crippen LogP contribution in [0.3, 0.4) is 0 Å². The van der Waals surface area contributed by atoms with Crippen LogP contribution in [0.5, 0.6) is 5.75 Å². The number of carbonyl (C=O) groups excluding carboxylic acids is 1. The Balaban J connectivity index is 1.57. The highest BCUT2D eigenvalue weighted by Gasteiger charge is 2.19. The number of sulfone groups is 1. The van der Waals surface area contributed by atoms with Crippen LogP contribution in [-0.4, -0.2) is 37.4 Å². The van der Waals surface area contributed by atoms with Gasteiger partial charge in [0, 0.05) is 10.9 Å². The van der Waals surface area contributed by atoms with Crippen LogP contribution < -0.4 is 10.1 Å². The van der Waals surface area contributed by atoms with E-state index in [0.717, 1.165) is 5.39 Å². The average Bonchev–Trinajstić information content (AvgIpc) is 3.40. The second-order valence-electron chi connectivity index (χ2n) is 6.29. The van der Waals surface area contributed by atoms with Crippen molar-refractivity contribution < 1.29 is 26.8 Å². The van der Waals surface area contributed by atoms with Gasteiger partial charge in [-0.05, 0) is 30.3 Å². The molecule has 9 nitrogen and oxygen atoms in total. The van der Waals surface area contributed by atoms with E-state index in [1.54, 1.807) is 12.1 Å². The van der Waals surface area contributed by atoms with Gasteiger partial charge in [0.05, 0.1) is 17.8 Å². The summed E-state index contributed by atoms with van der Waals surface area (Å²) in [6, 6.07) is 12.7. The van der Waals surface area contributed by atoms with Crippen LogP contribution in [-0.2, 0) is 9.84 Å². The average molecular weight is 427 g/mol. The smallest absolute Gasteiger partial charge is 0.322 e. The normalized spacial score (nSPS) is 11.5. The second kappa shape index (κ2) is 7.64. The number of ether oxygens (including phenoxy) is 1. The quantitative estimate of drug-likeness (QED) is 0.495. The number of anilines is 1. The van der Waals surface area contributed by atoms with Crippen molar-refractivity contribution >= 4 is 32.7 Å². The maximum atomic E-state index is 12.5. The highest BCUT2D eigenvalue weighted by molar-refractivity contribution is 7.91. The molecule has 2 aromatic heterocycles. The molecule has 30 heavy (non-hydrogen) atoms. The molecule has 0 aliphatic rings. The number of amides is 1. The van der Waals surface area contributed by atoms with Crippen molar-refractivity contribution in [1.82, 2.24) is 10.2 Å². The van der Waals surface area contributed by atoms with Gasteiger partial charge in [-0.3, -0.25) is 10.1 Å². The highest BCUT2D eigenvalue weighted by Crippen LogP contribution is 2.33. The molecule has 0 saturated heterocycles. The fourth-order valence-corrected chi connectivity index (χ4v) is 3.77. The zero-order valence-electron chi connectivity index (χ0n) is 16.1.